The lowest BCUT2D eigenvalue weighted by Crippen LogP contribution is -2.26. The van der Waals surface area contributed by atoms with E-state index in [4.69, 9.17) is 0 Å². The van der Waals surface area contributed by atoms with Gasteiger partial charge < -0.3 is 0 Å². The third kappa shape index (κ3) is 5.41. The number of carbonyl (C=O) groups is 1. The molecule has 1 atom stereocenters. The van der Waals surface area contributed by atoms with Crippen LogP contribution in [-0.4, -0.2) is 5.78 Å². The number of hydrogen-bond donors (Lipinski definition) is 0. The molecule has 14 heavy (non-hydrogen) atoms. The minimum atomic E-state index is -0.169. The van der Waals surface area contributed by atoms with Crippen LogP contribution >= 0.6 is 0 Å². The van der Waals surface area contributed by atoms with Gasteiger partial charge in [0, 0.05) is 11.3 Å². The Hall–Kier alpha value is -0.330. The molecule has 84 valence electrons. The zero-order valence-electron chi connectivity index (χ0n) is 10.7. The summed E-state index contributed by atoms with van der Waals surface area (Å²) in [6.45, 7) is 12.6. The highest BCUT2D eigenvalue weighted by Gasteiger charge is 2.25. The fourth-order valence-electron chi connectivity index (χ4n) is 1.70. The molecule has 0 aliphatic heterocycles. The largest absolute Gasteiger partial charge is 0.299 e. The van der Waals surface area contributed by atoms with Gasteiger partial charge >= 0.3 is 0 Å². The van der Waals surface area contributed by atoms with E-state index < -0.39 is 0 Å². The summed E-state index contributed by atoms with van der Waals surface area (Å²) in [7, 11) is 0. The Labute approximate surface area is 89.3 Å². The summed E-state index contributed by atoms with van der Waals surface area (Å²) in [5, 5.41) is 0. The van der Waals surface area contributed by atoms with Crippen molar-refractivity contribution in [3.63, 3.8) is 0 Å². The quantitative estimate of drug-likeness (QED) is 0.651. The van der Waals surface area contributed by atoms with Crippen molar-refractivity contribution >= 4 is 5.78 Å². The summed E-state index contributed by atoms with van der Waals surface area (Å²) in [5.74, 6) is 1.39. The van der Waals surface area contributed by atoms with Gasteiger partial charge in [-0.1, -0.05) is 54.4 Å². The highest BCUT2D eigenvalue weighted by Crippen LogP contribution is 2.23. The minimum absolute atomic E-state index is 0.169. The van der Waals surface area contributed by atoms with Crippen LogP contribution in [0.15, 0.2) is 0 Å². The normalized spacial score (nSPS) is 14.5. The van der Waals surface area contributed by atoms with Crippen LogP contribution in [-0.2, 0) is 4.79 Å². The predicted octanol–water partition coefficient (Wildman–Crippen LogP) is 4.06. The summed E-state index contributed by atoms with van der Waals surface area (Å²) in [6.07, 6.45) is 3.47. The molecular weight excluding hydrogens is 172 g/mol. The fourth-order valence-corrected chi connectivity index (χ4v) is 1.70. The van der Waals surface area contributed by atoms with Gasteiger partial charge in [-0.05, 0) is 12.3 Å². The first-order chi connectivity index (χ1) is 6.25. The van der Waals surface area contributed by atoms with Gasteiger partial charge in [0.2, 0.25) is 0 Å². The Balaban J connectivity index is 3.86. The number of Topliss-reactive ketones (excluding diaryl/α,β-unsaturated/α-hetero) is 1. The van der Waals surface area contributed by atoms with E-state index in [1.54, 1.807) is 0 Å². The van der Waals surface area contributed by atoms with Crippen molar-refractivity contribution in [3.8, 4) is 0 Å². The Kier molecular flexibility index (Phi) is 5.40. The van der Waals surface area contributed by atoms with Crippen LogP contribution in [0.4, 0.5) is 0 Å². The lowest BCUT2D eigenvalue weighted by atomic mass is 9.81. The molecule has 0 aromatic carbocycles. The van der Waals surface area contributed by atoms with Crippen LogP contribution in [0.2, 0.25) is 0 Å². The van der Waals surface area contributed by atoms with Gasteiger partial charge in [-0.25, -0.2) is 0 Å². The van der Waals surface area contributed by atoms with E-state index in [0.29, 0.717) is 5.78 Å². The second-order valence-electron chi connectivity index (χ2n) is 5.84. The fraction of sp³-hybridized carbons (Fsp3) is 0.923. The Bertz CT molecular complexity index is 174. The van der Waals surface area contributed by atoms with E-state index in [-0.39, 0.29) is 11.3 Å². The SMILES string of the molecule is CC(C)CCC[C@@H](C)C(=O)C(C)(C)C. The van der Waals surface area contributed by atoms with Gasteiger partial charge in [0.1, 0.15) is 5.78 Å². The first-order valence-electron chi connectivity index (χ1n) is 5.79. The maximum Gasteiger partial charge on any atom is 0.140 e. The van der Waals surface area contributed by atoms with Crippen molar-refractivity contribution in [1.29, 1.82) is 0 Å². The van der Waals surface area contributed by atoms with E-state index in [0.717, 1.165) is 12.3 Å². The molecule has 0 saturated carbocycles. The summed E-state index contributed by atoms with van der Waals surface area (Å²) in [4.78, 5) is 11.8. The Morgan fingerprint density at radius 2 is 1.57 bits per heavy atom. The van der Waals surface area contributed by atoms with Crippen LogP contribution in [0.1, 0.15) is 60.8 Å². The number of rotatable bonds is 5. The highest BCUT2D eigenvalue weighted by molar-refractivity contribution is 5.85. The summed E-state index contributed by atoms with van der Waals surface area (Å²) < 4.78 is 0. The topological polar surface area (TPSA) is 17.1 Å². The Morgan fingerprint density at radius 1 is 1.07 bits per heavy atom. The first-order valence-corrected chi connectivity index (χ1v) is 5.79. The molecule has 0 rings (SSSR count). The molecule has 0 unspecified atom stereocenters. The van der Waals surface area contributed by atoms with Crippen molar-refractivity contribution in [3.05, 3.63) is 0 Å². The summed E-state index contributed by atoms with van der Waals surface area (Å²) in [5.41, 5.74) is -0.169. The van der Waals surface area contributed by atoms with E-state index in [2.05, 4.69) is 20.8 Å². The van der Waals surface area contributed by atoms with Crippen LogP contribution in [0.5, 0.6) is 0 Å². The van der Waals surface area contributed by atoms with Crippen molar-refractivity contribution in [1.82, 2.24) is 0 Å². The zero-order valence-corrected chi connectivity index (χ0v) is 10.7. The predicted molar refractivity (Wildman–Crippen MR) is 62.3 cm³/mol. The van der Waals surface area contributed by atoms with Gasteiger partial charge in [-0.15, -0.1) is 0 Å². The highest BCUT2D eigenvalue weighted by atomic mass is 16.1. The number of ketones is 1. The van der Waals surface area contributed by atoms with Crippen LogP contribution in [0.3, 0.4) is 0 Å². The van der Waals surface area contributed by atoms with Gasteiger partial charge in [0.15, 0.2) is 0 Å². The van der Waals surface area contributed by atoms with E-state index in [1.165, 1.54) is 12.8 Å². The van der Waals surface area contributed by atoms with Gasteiger partial charge in [-0.3, -0.25) is 4.79 Å². The van der Waals surface area contributed by atoms with Crippen molar-refractivity contribution in [2.45, 2.75) is 60.8 Å². The van der Waals surface area contributed by atoms with Gasteiger partial charge in [0.05, 0.1) is 0 Å². The molecule has 0 aliphatic rings. The average Bonchev–Trinajstić information content (AvgIpc) is 2.00. The van der Waals surface area contributed by atoms with E-state index in [9.17, 15) is 4.79 Å². The number of carbonyl (C=O) groups excluding carboxylic acids is 1. The van der Waals surface area contributed by atoms with Gasteiger partial charge in [-0.2, -0.15) is 0 Å². The monoisotopic (exact) mass is 198 g/mol. The van der Waals surface area contributed by atoms with Crippen molar-refractivity contribution in [2.24, 2.45) is 17.3 Å². The smallest absolute Gasteiger partial charge is 0.140 e. The van der Waals surface area contributed by atoms with Crippen LogP contribution in [0, 0.1) is 17.3 Å². The molecule has 0 aliphatic carbocycles. The average molecular weight is 198 g/mol. The third-order valence-corrected chi connectivity index (χ3v) is 2.61. The standard InChI is InChI=1S/C13H26O/c1-10(2)8-7-9-11(3)12(14)13(4,5)6/h10-11H,7-9H2,1-6H3/t11-/m1/s1. The van der Waals surface area contributed by atoms with Crippen LogP contribution < -0.4 is 0 Å². The molecule has 1 heteroatoms. The lowest BCUT2D eigenvalue weighted by Gasteiger charge is -2.21. The third-order valence-electron chi connectivity index (χ3n) is 2.61. The molecular formula is C13H26O. The molecule has 0 bridgehead atoms. The minimum Gasteiger partial charge on any atom is -0.299 e. The Morgan fingerprint density at radius 3 is 1.93 bits per heavy atom. The molecule has 0 saturated heterocycles. The molecule has 0 amide bonds. The molecule has 1 nitrogen and oxygen atoms in total. The summed E-state index contributed by atoms with van der Waals surface area (Å²) >= 11 is 0. The molecule has 0 fully saturated rings. The molecule has 0 heterocycles. The molecule has 0 aromatic rings. The number of hydrogen-bond acceptors (Lipinski definition) is 1. The van der Waals surface area contributed by atoms with E-state index in [1.807, 2.05) is 20.8 Å². The first kappa shape index (κ1) is 13.7. The molecule has 0 spiro atoms. The molecule has 0 N–H and O–H groups in total. The zero-order chi connectivity index (χ0) is 11.4. The van der Waals surface area contributed by atoms with E-state index >= 15 is 0 Å². The second-order valence-corrected chi connectivity index (χ2v) is 5.84. The summed E-state index contributed by atoms with van der Waals surface area (Å²) in [6, 6.07) is 0. The maximum atomic E-state index is 11.8. The second kappa shape index (κ2) is 5.53. The van der Waals surface area contributed by atoms with Gasteiger partial charge in [0.25, 0.3) is 0 Å². The van der Waals surface area contributed by atoms with Crippen LogP contribution in [0.25, 0.3) is 0 Å². The molecule has 0 radical (unpaired) electrons. The van der Waals surface area contributed by atoms with Crippen molar-refractivity contribution in [2.75, 3.05) is 0 Å². The van der Waals surface area contributed by atoms with Crippen molar-refractivity contribution < 1.29 is 4.79 Å². The lowest BCUT2D eigenvalue weighted by molar-refractivity contribution is -0.130. The molecule has 0 aromatic heterocycles. The maximum absolute atomic E-state index is 11.8.